The summed E-state index contributed by atoms with van der Waals surface area (Å²) in [7, 11) is 0. The minimum atomic E-state index is -0.813. The molecule has 5 heteroatoms. The highest BCUT2D eigenvalue weighted by molar-refractivity contribution is 9.10. The van der Waals surface area contributed by atoms with Crippen LogP contribution in [0.4, 0.5) is 13.2 Å². The lowest BCUT2D eigenvalue weighted by Crippen LogP contribution is -2.08. The maximum Gasteiger partial charge on any atom is 0.167 e. The Morgan fingerprint density at radius 3 is 2.50 bits per heavy atom. The highest BCUT2D eigenvalue weighted by atomic mass is 79.9. The number of benzene rings is 2. The first-order chi connectivity index (χ1) is 9.38. The number of carbonyl (C=O) groups excluding carboxylic acids is 1. The van der Waals surface area contributed by atoms with E-state index >= 15 is 0 Å². The quantitative estimate of drug-likeness (QED) is 0.588. The molecule has 0 atom stereocenters. The van der Waals surface area contributed by atoms with Crippen molar-refractivity contribution in [1.82, 2.24) is 0 Å². The number of aryl methyl sites for hydroxylation is 1. The van der Waals surface area contributed by atoms with Gasteiger partial charge in [-0.1, -0.05) is 0 Å². The van der Waals surface area contributed by atoms with E-state index in [2.05, 4.69) is 15.9 Å². The van der Waals surface area contributed by atoms with Gasteiger partial charge in [0, 0.05) is 17.5 Å². The van der Waals surface area contributed by atoms with Crippen LogP contribution in [0.3, 0.4) is 0 Å². The molecule has 0 aliphatic carbocycles. The molecule has 0 saturated carbocycles. The van der Waals surface area contributed by atoms with Crippen molar-refractivity contribution in [2.24, 2.45) is 0 Å². The smallest absolute Gasteiger partial charge is 0.167 e. The summed E-state index contributed by atoms with van der Waals surface area (Å²) in [5, 5.41) is 0. The molecule has 0 aliphatic rings. The average molecular weight is 343 g/mol. The Bertz CT molecular complexity index is 663. The number of Topliss-reactive ketones (excluding diaryl/α,β-unsaturated/α-hetero) is 1. The van der Waals surface area contributed by atoms with Crippen molar-refractivity contribution < 1.29 is 18.0 Å². The van der Waals surface area contributed by atoms with Gasteiger partial charge in [0.05, 0.1) is 4.47 Å². The van der Waals surface area contributed by atoms with Crippen LogP contribution in [0.2, 0.25) is 0 Å². The Hall–Kier alpha value is -1.62. The van der Waals surface area contributed by atoms with Gasteiger partial charge >= 0.3 is 0 Å². The molecule has 2 rings (SSSR count). The molecule has 0 radical (unpaired) electrons. The summed E-state index contributed by atoms with van der Waals surface area (Å²) in [6.07, 6.45) is -0.458. The van der Waals surface area contributed by atoms with Crippen LogP contribution in [0.5, 0.6) is 0 Å². The molecule has 2 aromatic rings. The number of ketones is 1. The van der Waals surface area contributed by atoms with Crippen molar-refractivity contribution in [3.05, 3.63) is 68.9 Å². The molecular weight excluding hydrogens is 333 g/mol. The molecule has 0 fully saturated rings. The van der Waals surface area contributed by atoms with Crippen molar-refractivity contribution in [2.75, 3.05) is 0 Å². The predicted molar refractivity (Wildman–Crippen MR) is 73.2 cm³/mol. The average Bonchev–Trinajstić information content (AvgIpc) is 2.38. The van der Waals surface area contributed by atoms with Crippen LogP contribution in [-0.4, -0.2) is 5.78 Å². The van der Waals surface area contributed by atoms with Gasteiger partial charge in [-0.15, -0.1) is 0 Å². The van der Waals surface area contributed by atoms with E-state index < -0.39 is 29.7 Å². The van der Waals surface area contributed by atoms with Gasteiger partial charge in [-0.2, -0.15) is 0 Å². The van der Waals surface area contributed by atoms with Crippen LogP contribution in [0.25, 0.3) is 0 Å². The number of hydrogen-bond donors (Lipinski definition) is 0. The second kappa shape index (κ2) is 5.79. The summed E-state index contributed by atoms with van der Waals surface area (Å²) < 4.78 is 40.7. The van der Waals surface area contributed by atoms with E-state index in [0.29, 0.717) is 5.56 Å². The molecule has 1 nitrogen and oxygen atoms in total. The lowest BCUT2D eigenvalue weighted by Gasteiger charge is -2.07. The first-order valence-corrected chi connectivity index (χ1v) is 6.60. The third kappa shape index (κ3) is 3.10. The fourth-order valence-corrected chi connectivity index (χ4v) is 2.26. The van der Waals surface area contributed by atoms with Crippen LogP contribution < -0.4 is 0 Å². The molecule has 0 spiro atoms. The second-order valence-electron chi connectivity index (χ2n) is 4.44. The maximum atomic E-state index is 13.8. The fraction of sp³-hybridized carbons (Fsp3) is 0.133. The topological polar surface area (TPSA) is 17.1 Å². The van der Waals surface area contributed by atoms with E-state index in [0.717, 1.165) is 12.1 Å². The van der Waals surface area contributed by atoms with E-state index in [9.17, 15) is 18.0 Å². The van der Waals surface area contributed by atoms with Gasteiger partial charge in [-0.25, -0.2) is 13.2 Å². The molecule has 0 aliphatic heterocycles. The van der Waals surface area contributed by atoms with Gasteiger partial charge in [0.25, 0.3) is 0 Å². The lowest BCUT2D eigenvalue weighted by molar-refractivity contribution is 0.0990. The minimum absolute atomic E-state index is 0.0807. The molecule has 104 valence electrons. The summed E-state index contributed by atoms with van der Waals surface area (Å²) in [5.41, 5.74) is 0.344. The van der Waals surface area contributed by atoms with Crippen molar-refractivity contribution in [3.63, 3.8) is 0 Å². The van der Waals surface area contributed by atoms with E-state index in [1.807, 2.05) is 0 Å². The first-order valence-electron chi connectivity index (χ1n) is 5.81. The molecule has 0 amide bonds. The maximum absolute atomic E-state index is 13.8. The standard InChI is InChI=1S/C15H10BrF3O/c1-8-4-9(6-10(17)5-8)14(20)7-11-13(18)3-2-12(16)15(11)19/h2-6H,7H2,1H3. The zero-order valence-corrected chi connectivity index (χ0v) is 12.1. The number of hydrogen-bond acceptors (Lipinski definition) is 1. The van der Waals surface area contributed by atoms with Crippen LogP contribution in [0, 0.1) is 24.4 Å². The van der Waals surface area contributed by atoms with Crippen LogP contribution in [-0.2, 0) is 6.42 Å². The zero-order valence-electron chi connectivity index (χ0n) is 10.5. The second-order valence-corrected chi connectivity index (χ2v) is 5.29. The number of carbonyl (C=O) groups is 1. The van der Waals surface area contributed by atoms with Gasteiger partial charge in [0.2, 0.25) is 0 Å². The zero-order chi connectivity index (χ0) is 14.9. The largest absolute Gasteiger partial charge is 0.294 e. The van der Waals surface area contributed by atoms with E-state index in [4.69, 9.17) is 0 Å². The highest BCUT2D eigenvalue weighted by Gasteiger charge is 2.17. The van der Waals surface area contributed by atoms with Crippen molar-refractivity contribution in [2.45, 2.75) is 13.3 Å². The Morgan fingerprint density at radius 2 is 1.85 bits per heavy atom. The minimum Gasteiger partial charge on any atom is -0.294 e. The van der Waals surface area contributed by atoms with Gasteiger partial charge in [0.15, 0.2) is 5.78 Å². The summed E-state index contributed by atoms with van der Waals surface area (Å²) in [6, 6.07) is 6.12. The molecule has 0 saturated heterocycles. The van der Waals surface area contributed by atoms with Crippen molar-refractivity contribution >= 4 is 21.7 Å². The third-order valence-corrected chi connectivity index (χ3v) is 3.45. The highest BCUT2D eigenvalue weighted by Crippen LogP contribution is 2.23. The van der Waals surface area contributed by atoms with Gasteiger partial charge < -0.3 is 0 Å². The fourth-order valence-electron chi connectivity index (χ4n) is 1.89. The first kappa shape index (κ1) is 14.8. The Kier molecular flexibility index (Phi) is 4.28. The summed E-state index contributed by atoms with van der Waals surface area (Å²) >= 11 is 2.94. The molecule has 20 heavy (non-hydrogen) atoms. The monoisotopic (exact) mass is 342 g/mol. The summed E-state index contributed by atoms with van der Waals surface area (Å²) in [6.45, 7) is 1.64. The number of rotatable bonds is 3. The van der Waals surface area contributed by atoms with Crippen molar-refractivity contribution in [1.29, 1.82) is 0 Å². The SMILES string of the molecule is Cc1cc(F)cc(C(=O)Cc2c(F)ccc(Br)c2F)c1. The summed E-state index contributed by atoms with van der Waals surface area (Å²) in [4.78, 5) is 12.0. The van der Waals surface area contributed by atoms with Crippen LogP contribution in [0.1, 0.15) is 21.5 Å². The van der Waals surface area contributed by atoms with E-state index in [1.54, 1.807) is 6.92 Å². The normalized spacial score (nSPS) is 10.7. The number of halogens is 4. The molecule has 0 bridgehead atoms. The van der Waals surface area contributed by atoms with Gasteiger partial charge in [0.1, 0.15) is 17.5 Å². The molecule has 0 aromatic heterocycles. The molecule has 0 unspecified atom stereocenters. The third-order valence-electron chi connectivity index (χ3n) is 2.84. The Balaban J connectivity index is 2.35. The van der Waals surface area contributed by atoms with E-state index in [1.165, 1.54) is 18.2 Å². The van der Waals surface area contributed by atoms with Gasteiger partial charge in [-0.05, 0) is 58.7 Å². The predicted octanol–water partition coefficient (Wildman–Crippen LogP) is 4.60. The van der Waals surface area contributed by atoms with E-state index in [-0.39, 0.29) is 15.6 Å². The molecule has 0 heterocycles. The summed E-state index contributed by atoms with van der Waals surface area (Å²) in [5.74, 6) is -2.70. The van der Waals surface area contributed by atoms with Crippen LogP contribution >= 0.6 is 15.9 Å². The molecule has 0 N–H and O–H groups in total. The van der Waals surface area contributed by atoms with Crippen molar-refractivity contribution in [3.8, 4) is 0 Å². The Morgan fingerprint density at radius 1 is 1.15 bits per heavy atom. The lowest BCUT2D eigenvalue weighted by atomic mass is 10.0. The van der Waals surface area contributed by atoms with Crippen LogP contribution in [0.15, 0.2) is 34.8 Å². The van der Waals surface area contributed by atoms with Gasteiger partial charge in [-0.3, -0.25) is 4.79 Å². The molecular formula is C15H10BrF3O. The Labute approximate surface area is 122 Å². The molecule has 2 aromatic carbocycles.